The second-order valence-electron chi connectivity index (χ2n) is 7.50. The lowest BCUT2D eigenvalue weighted by atomic mass is 10.2. The van der Waals surface area contributed by atoms with Crippen LogP contribution in [0.1, 0.15) is 24.6 Å². The van der Waals surface area contributed by atoms with E-state index < -0.39 is 0 Å². The molecule has 4 heterocycles. The molecule has 4 rings (SSSR count). The molecule has 0 amide bonds. The number of thiazole rings is 1. The third-order valence-corrected chi connectivity index (χ3v) is 6.41. The van der Waals surface area contributed by atoms with Crippen molar-refractivity contribution in [1.82, 2.24) is 19.8 Å². The van der Waals surface area contributed by atoms with Gasteiger partial charge in [-0.1, -0.05) is 26.0 Å². The molecule has 1 fully saturated rings. The van der Waals surface area contributed by atoms with Gasteiger partial charge in [0.25, 0.3) is 0 Å². The van der Waals surface area contributed by atoms with Crippen molar-refractivity contribution >= 4 is 17.2 Å². The predicted molar refractivity (Wildman–Crippen MR) is 113 cm³/mol. The Labute approximate surface area is 165 Å². The Hall–Kier alpha value is -2.18. The highest BCUT2D eigenvalue weighted by Crippen LogP contribution is 2.30. The number of allylic oxidation sites excluding steroid dienone is 1. The van der Waals surface area contributed by atoms with Gasteiger partial charge in [0.2, 0.25) is 0 Å². The Kier molecular flexibility index (Phi) is 5.27. The topological polar surface area (TPSA) is 35.5 Å². The lowest BCUT2D eigenvalue weighted by Crippen LogP contribution is -2.44. The SMILES string of the molecule is CC(C)c1cnc(-c2cccc(N3C=C(N4CCN(C)CC4)C=CC3)n2)s1. The molecule has 0 bridgehead atoms. The van der Waals surface area contributed by atoms with E-state index in [0.29, 0.717) is 5.92 Å². The summed E-state index contributed by atoms with van der Waals surface area (Å²) in [6, 6.07) is 6.21. The van der Waals surface area contributed by atoms with Crippen LogP contribution < -0.4 is 4.90 Å². The Morgan fingerprint density at radius 1 is 1.11 bits per heavy atom. The predicted octanol–water partition coefficient (Wildman–Crippen LogP) is 3.79. The van der Waals surface area contributed by atoms with E-state index in [2.05, 4.69) is 77.1 Å². The molecule has 2 aromatic rings. The normalized spacial score (nSPS) is 18.3. The van der Waals surface area contributed by atoms with Crippen LogP contribution in [0.4, 0.5) is 5.82 Å². The molecule has 0 radical (unpaired) electrons. The van der Waals surface area contributed by atoms with E-state index in [1.807, 2.05) is 6.20 Å². The van der Waals surface area contributed by atoms with Crippen molar-refractivity contribution in [2.45, 2.75) is 19.8 Å². The van der Waals surface area contributed by atoms with Crippen molar-refractivity contribution in [3.8, 4) is 10.7 Å². The monoisotopic (exact) mass is 381 g/mol. The lowest BCUT2D eigenvalue weighted by Gasteiger charge is -2.36. The molecule has 1 saturated heterocycles. The first kappa shape index (κ1) is 18.2. The fourth-order valence-corrected chi connectivity index (χ4v) is 4.22. The van der Waals surface area contributed by atoms with E-state index >= 15 is 0 Å². The molecule has 0 saturated carbocycles. The zero-order valence-corrected chi connectivity index (χ0v) is 17.1. The van der Waals surface area contributed by atoms with E-state index in [1.165, 1.54) is 10.6 Å². The van der Waals surface area contributed by atoms with Crippen LogP contribution >= 0.6 is 11.3 Å². The minimum Gasteiger partial charge on any atom is -0.368 e. The summed E-state index contributed by atoms with van der Waals surface area (Å²) in [6.07, 6.45) is 8.68. The minimum atomic E-state index is 0.501. The summed E-state index contributed by atoms with van der Waals surface area (Å²) in [4.78, 5) is 17.9. The number of rotatable bonds is 4. The summed E-state index contributed by atoms with van der Waals surface area (Å²) < 4.78 is 0. The third kappa shape index (κ3) is 4.06. The highest BCUT2D eigenvalue weighted by atomic mass is 32.1. The molecule has 142 valence electrons. The second-order valence-corrected chi connectivity index (χ2v) is 8.56. The summed E-state index contributed by atoms with van der Waals surface area (Å²) in [5.74, 6) is 1.48. The van der Waals surface area contributed by atoms with Crippen LogP contribution in [0, 0.1) is 0 Å². The first-order valence-corrected chi connectivity index (χ1v) is 10.4. The average molecular weight is 382 g/mol. The largest absolute Gasteiger partial charge is 0.368 e. The maximum Gasteiger partial charge on any atom is 0.142 e. The standard InChI is InChI=1S/C21H27N5S/c1-16(2)19-14-22-21(27-19)18-7-4-8-20(23-18)26-9-5-6-17(15-26)25-12-10-24(3)11-13-25/h4-8,14-16H,9-13H2,1-3H3. The van der Waals surface area contributed by atoms with Crippen LogP contribution in [0.5, 0.6) is 0 Å². The number of likely N-dealkylation sites (N-methyl/N-ethyl adjacent to an activating group) is 1. The van der Waals surface area contributed by atoms with Gasteiger partial charge in [0.05, 0.1) is 5.70 Å². The molecule has 0 unspecified atom stereocenters. The van der Waals surface area contributed by atoms with Gasteiger partial charge < -0.3 is 14.7 Å². The number of anilines is 1. The van der Waals surface area contributed by atoms with Crippen molar-refractivity contribution in [3.63, 3.8) is 0 Å². The maximum absolute atomic E-state index is 4.90. The van der Waals surface area contributed by atoms with Crippen molar-refractivity contribution < 1.29 is 0 Å². The van der Waals surface area contributed by atoms with Gasteiger partial charge in [-0.2, -0.15) is 0 Å². The minimum absolute atomic E-state index is 0.501. The molecule has 0 atom stereocenters. The number of piperazine rings is 1. The smallest absolute Gasteiger partial charge is 0.142 e. The van der Waals surface area contributed by atoms with Crippen molar-refractivity contribution in [2.24, 2.45) is 0 Å². The molecular weight excluding hydrogens is 354 g/mol. The fourth-order valence-electron chi connectivity index (χ4n) is 3.33. The van der Waals surface area contributed by atoms with Crippen LogP contribution in [0.3, 0.4) is 0 Å². The van der Waals surface area contributed by atoms with Gasteiger partial charge in [0, 0.05) is 50.0 Å². The van der Waals surface area contributed by atoms with Crippen LogP contribution in [-0.2, 0) is 0 Å². The molecule has 0 N–H and O–H groups in total. The van der Waals surface area contributed by atoms with Gasteiger partial charge in [0.15, 0.2) is 0 Å². The van der Waals surface area contributed by atoms with Crippen LogP contribution in [0.15, 0.2) is 48.4 Å². The molecule has 6 heteroatoms. The van der Waals surface area contributed by atoms with Crippen LogP contribution in [0.25, 0.3) is 10.7 Å². The van der Waals surface area contributed by atoms with Crippen LogP contribution in [0.2, 0.25) is 0 Å². The van der Waals surface area contributed by atoms with E-state index in [4.69, 9.17) is 4.98 Å². The Morgan fingerprint density at radius 3 is 2.67 bits per heavy atom. The van der Waals surface area contributed by atoms with Gasteiger partial charge in [-0.15, -0.1) is 11.3 Å². The quantitative estimate of drug-likeness (QED) is 0.805. The number of nitrogens with zero attached hydrogens (tertiary/aromatic N) is 5. The van der Waals surface area contributed by atoms with Gasteiger partial charge in [0.1, 0.15) is 16.5 Å². The molecule has 2 aromatic heterocycles. The molecule has 0 aromatic carbocycles. The van der Waals surface area contributed by atoms with Crippen molar-refractivity contribution in [1.29, 1.82) is 0 Å². The van der Waals surface area contributed by atoms with Gasteiger partial charge >= 0.3 is 0 Å². The van der Waals surface area contributed by atoms with Crippen molar-refractivity contribution in [2.75, 3.05) is 44.7 Å². The first-order valence-electron chi connectivity index (χ1n) is 9.62. The molecule has 0 aliphatic carbocycles. The zero-order chi connectivity index (χ0) is 18.8. The number of pyridine rings is 1. The molecule has 27 heavy (non-hydrogen) atoms. The molecule has 2 aliphatic heterocycles. The molecule has 0 spiro atoms. The summed E-state index contributed by atoms with van der Waals surface area (Å²) in [5, 5.41) is 0.997. The van der Waals surface area contributed by atoms with E-state index in [9.17, 15) is 0 Å². The Morgan fingerprint density at radius 2 is 1.93 bits per heavy atom. The van der Waals surface area contributed by atoms with E-state index in [0.717, 1.165) is 49.2 Å². The summed E-state index contributed by atoms with van der Waals surface area (Å²) in [6.45, 7) is 9.62. The summed E-state index contributed by atoms with van der Waals surface area (Å²) >= 11 is 1.74. The lowest BCUT2D eigenvalue weighted by molar-refractivity contribution is 0.189. The third-order valence-electron chi connectivity index (χ3n) is 5.09. The summed E-state index contributed by atoms with van der Waals surface area (Å²) in [5.41, 5.74) is 2.23. The van der Waals surface area contributed by atoms with E-state index in [1.54, 1.807) is 11.3 Å². The fraction of sp³-hybridized carbons (Fsp3) is 0.429. The van der Waals surface area contributed by atoms with Gasteiger partial charge in [-0.05, 0) is 31.2 Å². The average Bonchev–Trinajstić information content (AvgIpc) is 3.19. The highest BCUT2D eigenvalue weighted by Gasteiger charge is 2.18. The highest BCUT2D eigenvalue weighted by molar-refractivity contribution is 7.15. The number of aromatic nitrogens is 2. The Balaban J connectivity index is 1.55. The molecule has 2 aliphatic rings. The maximum atomic E-state index is 4.90. The zero-order valence-electron chi connectivity index (χ0n) is 16.3. The van der Waals surface area contributed by atoms with Gasteiger partial charge in [-0.25, -0.2) is 9.97 Å². The van der Waals surface area contributed by atoms with Crippen LogP contribution in [-0.4, -0.2) is 59.5 Å². The first-order chi connectivity index (χ1) is 13.1. The number of hydrogen-bond donors (Lipinski definition) is 0. The molecular formula is C21H27N5S. The molecule has 5 nitrogen and oxygen atoms in total. The summed E-state index contributed by atoms with van der Waals surface area (Å²) in [7, 11) is 2.19. The van der Waals surface area contributed by atoms with Gasteiger partial charge in [-0.3, -0.25) is 0 Å². The number of hydrogen-bond acceptors (Lipinski definition) is 6. The second kappa shape index (κ2) is 7.82. The Bertz CT molecular complexity index is 846. The van der Waals surface area contributed by atoms with Crippen molar-refractivity contribution in [3.05, 3.63) is 53.3 Å². The van der Waals surface area contributed by atoms with E-state index in [-0.39, 0.29) is 0 Å².